The van der Waals surface area contributed by atoms with Gasteiger partial charge in [-0.2, -0.15) is 13.2 Å². The highest BCUT2D eigenvalue weighted by molar-refractivity contribution is 4.78. The highest BCUT2D eigenvalue weighted by Gasteiger charge is 2.40. The molecule has 0 bridgehead atoms. The van der Waals surface area contributed by atoms with Gasteiger partial charge in [-0.15, -0.1) is 0 Å². The number of hydrogen-bond acceptors (Lipinski definition) is 2. The summed E-state index contributed by atoms with van der Waals surface area (Å²) < 4.78 is 42.2. The smallest absolute Gasteiger partial charge is 0.293 e. The number of halogens is 3. The van der Waals surface area contributed by atoms with Crippen LogP contribution in [0.3, 0.4) is 0 Å². The molecule has 2 N–H and O–H groups in total. The molecule has 9 heavy (non-hydrogen) atoms. The summed E-state index contributed by atoms with van der Waals surface area (Å²) in [7, 11) is 0. The number of alkyl halides is 3. The lowest BCUT2D eigenvalue weighted by Crippen LogP contribution is -2.44. The van der Waals surface area contributed by atoms with Gasteiger partial charge in [0, 0.05) is 13.1 Å². The van der Waals surface area contributed by atoms with Crippen LogP contribution in [-0.2, 0) is 0 Å². The molecule has 1 heterocycles. The van der Waals surface area contributed by atoms with Crippen molar-refractivity contribution in [2.75, 3.05) is 13.1 Å². The largest absolute Gasteiger partial charge is 0.417 e. The summed E-state index contributed by atoms with van der Waals surface area (Å²) in [6.07, 6.45) is -6.09. The van der Waals surface area contributed by atoms with Gasteiger partial charge in [0.1, 0.15) is 1.41 Å². The number of rotatable bonds is 0. The van der Waals surface area contributed by atoms with Crippen molar-refractivity contribution in [2.24, 2.45) is 0 Å². The van der Waals surface area contributed by atoms with Gasteiger partial charge >= 0.3 is 6.18 Å². The zero-order valence-corrected chi connectivity index (χ0v) is 4.57. The van der Waals surface area contributed by atoms with Gasteiger partial charge in [0.15, 0.2) is 6.17 Å². The minimum Gasteiger partial charge on any atom is -0.293 e. The van der Waals surface area contributed by atoms with Crippen molar-refractivity contribution in [3.8, 4) is 0 Å². The average Bonchev–Trinajstić information content (AvgIpc) is 2.11. The Balaban J connectivity index is 2.55. The lowest BCUT2D eigenvalue weighted by Gasteiger charge is -2.13. The molecule has 1 aliphatic rings. The van der Waals surface area contributed by atoms with Crippen LogP contribution in [0.1, 0.15) is 0 Å². The van der Waals surface area contributed by atoms with Gasteiger partial charge in [-0.3, -0.25) is 10.6 Å². The summed E-state index contributed by atoms with van der Waals surface area (Å²) in [4.78, 5) is 0. The van der Waals surface area contributed by atoms with Gasteiger partial charge in [-0.25, -0.2) is 0 Å². The van der Waals surface area contributed by atoms with Crippen molar-refractivity contribution in [1.29, 1.82) is 0 Å². The fourth-order valence-electron chi connectivity index (χ4n) is 0.679. The van der Waals surface area contributed by atoms with Crippen LogP contribution in [0.2, 0.25) is 1.41 Å². The Kier molecular flexibility index (Phi) is 1.31. The summed E-state index contributed by atoms with van der Waals surface area (Å²) in [5.74, 6) is 0. The second-order valence-corrected chi connectivity index (χ2v) is 1.80. The van der Waals surface area contributed by atoms with Crippen LogP contribution in [0.15, 0.2) is 0 Å². The van der Waals surface area contributed by atoms with E-state index in [2.05, 4.69) is 5.32 Å². The minimum atomic E-state index is -4.32. The molecule has 1 fully saturated rings. The van der Waals surface area contributed by atoms with Gasteiger partial charge in [0.25, 0.3) is 0 Å². The lowest BCUT2D eigenvalue weighted by atomic mass is 10.5. The van der Waals surface area contributed by atoms with E-state index in [1.54, 1.807) is 0 Å². The standard InChI is InChI=1S/C4H7F3N2/c5-4(6,7)3-8-1-2-9-3/h3,8-9H,1-2H2/i/hD. The first-order chi connectivity index (χ1) is 4.52. The van der Waals surface area contributed by atoms with Gasteiger partial charge in [0.2, 0.25) is 0 Å². The zero-order valence-electron chi connectivity index (χ0n) is 5.57. The summed E-state index contributed by atoms with van der Waals surface area (Å²) in [5, 5.41) is 2.66. The molecule has 1 unspecified atom stereocenters. The molecule has 0 aromatic carbocycles. The maximum Gasteiger partial charge on any atom is 0.417 e. The van der Waals surface area contributed by atoms with Crippen molar-refractivity contribution in [3.63, 3.8) is 0 Å². The van der Waals surface area contributed by atoms with E-state index in [1.807, 2.05) is 0 Å². The molecular weight excluding hydrogens is 133 g/mol. The Morgan fingerprint density at radius 1 is 1.44 bits per heavy atom. The molecule has 1 atom stereocenters. The van der Waals surface area contributed by atoms with Gasteiger partial charge < -0.3 is 0 Å². The normalized spacial score (nSPS) is 32.8. The molecule has 5 heteroatoms. The van der Waals surface area contributed by atoms with Crippen molar-refractivity contribution in [2.45, 2.75) is 12.3 Å². The van der Waals surface area contributed by atoms with E-state index >= 15 is 0 Å². The predicted molar refractivity (Wildman–Crippen MR) is 25.8 cm³/mol. The first kappa shape index (κ1) is 5.49. The van der Waals surface area contributed by atoms with E-state index in [-0.39, 0.29) is 13.1 Å². The SMILES string of the molecule is [2H]N1CCNC1C(F)(F)F. The molecule has 1 aliphatic heterocycles. The van der Waals surface area contributed by atoms with Crippen molar-refractivity contribution >= 4 is 0 Å². The Morgan fingerprint density at radius 2 is 2.11 bits per heavy atom. The molecule has 1 rings (SSSR count). The van der Waals surface area contributed by atoms with Crippen LogP contribution in [0.25, 0.3) is 0 Å². The molecule has 0 amide bonds. The topological polar surface area (TPSA) is 24.1 Å². The van der Waals surface area contributed by atoms with Crippen molar-refractivity contribution < 1.29 is 14.6 Å². The highest BCUT2D eigenvalue weighted by atomic mass is 19.4. The fourth-order valence-corrected chi connectivity index (χ4v) is 0.679. The Morgan fingerprint density at radius 3 is 2.33 bits per heavy atom. The lowest BCUT2D eigenvalue weighted by molar-refractivity contribution is -0.156. The van der Waals surface area contributed by atoms with Crippen LogP contribution in [0.5, 0.6) is 0 Å². The van der Waals surface area contributed by atoms with Crippen LogP contribution in [0.4, 0.5) is 13.2 Å². The molecule has 2 nitrogen and oxygen atoms in total. The molecule has 0 aliphatic carbocycles. The second-order valence-electron chi connectivity index (χ2n) is 1.80. The summed E-state index contributed by atoms with van der Waals surface area (Å²) >= 11 is 0. The molecule has 1 saturated heterocycles. The van der Waals surface area contributed by atoms with E-state index in [4.69, 9.17) is 1.41 Å². The molecule has 0 aromatic rings. The quantitative estimate of drug-likeness (QED) is 0.498. The predicted octanol–water partition coefficient (Wildman–Crippen LogP) is 0.0676. The van der Waals surface area contributed by atoms with Crippen LogP contribution in [0, 0.1) is 0 Å². The molecule has 0 aromatic heterocycles. The third-order valence-corrected chi connectivity index (χ3v) is 1.07. The maximum atomic E-state index is 11.8. The Labute approximate surface area is 51.9 Å². The maximum absolute atomic E-state index is 11.8. The first-order valence-electron chi connectivity index (χ1n) is 3.02. The molecule has 0 radical (unpaired) electrons. The average molecular weight is 141 g/mol. The molecule has 0 spiro atoms. The highest BCUT2D eigenvalue weighted by Crippen LogP contribution is 2.19. The van der Waals surface area contributed by atoms with Crippen LogP contribution in [-0.4, -0.2) is 25.4 Å². The second kappa shape index (κ2) is 2.15. The van der Waals surface area contributed by atoms with Gasteiger partial charge in [-0.1, -0.05) is 0 Å². The zero-order chi connectivity index (χ0) is 7.78. The van der Waals surface area contributed by atoms with Crippen LogP contribution < -0.4 is 10.6 Å². The monoisotopic (exact) mass is 141 g/mol. The van der Waals surface area contributed by atoms with Crippen LogP contribution >= 0.6 is 0 Å². The number of hydrogen-bond donors (Lipinski definition) is 2. The third-order valence-electron chi connectivity index (χ3n) is 1.07. The van der Waals surface area contributed by atoms with E-state index in [1.165, 1.54) is 0 Å². The van der Waals surface area contributed by atoms with E-state index in [0.29, 0.717) is 5.31 Å². The fraction of sp³-hybridized carbons (Fsp3) is 1.00. The van der Waals surface area contributed by atoms with Gasteiger partial charge in [0.05, 0.1) is 0 Å². The van der Waals surface area contributed by atoms with Gasteiger partial charge in [-0.05, 0) is 0 Å². The summed E-state index contributed by atoms with van der Waals surface area (Å²) in [6, 6.07) is 0. The Bertz CT molecular complexity index is 126. The van der Waals surface area contributed by atoms with Crippen molar-refractivity contribution in [1.82, 2.24) is 10.6 Å². The first-order valence-corrected chi connectivity index (χ1v) is 2.57. The molecule has 54 valence electrons. The molecular formula is C4H7F3N2. The van der Waals surface area contributed by atoms with E-state index < -0.39 is 12.3 Å². The number of nitrogens with one attached hydrogen (secondary N) is 2. The third kappa shape index (κ3) is 1.56. The van der Waals surface area contributed by atoms with Crippen molar-refractivity contribution in [3.05, 3.63) is 0 Å². The van der Waals surface area contributed by atoms with E-state index in [0.717, 1.165) is 0 Å². The summed E-state index contributed by atoms with van der Waals surface area (Å²) in [6.45, 7) is 0.359. The molecule has 0 saturated carbocycles. The van der Waals surface area contributed by atoms with E-state index in [9.17, 15) is 13.2 Å². The minimum absolute atomic E-state index is 0.129. The summed E-state index contributed by atoms with van der Waals surface area (Å²) in [5.41, 5.74) is 0. The Hall–Kier alpha value is -0.290.